The fraction of sp³-hybridized carbons (Fsp3) is 0.111. The number of ether oxygens (including phenoxy) is 2. The van der Waals surface area contributed by atoms with Crippen molar-refractivity contribution in [1.82, 2.24) is 0 Å². The zero-order valence-electron chi connectivity index (χ0n) is 13.1. The average molecular weight is 325 g/mol. The van der Waals surface area contributed by atoms with E-state index in [0.717, 1.165) is 0 Å². The van der Waals surface area contributed by atoms with Crippen LogP contribution in [-0.2, 0) is 4.79 Å². The highest BCUT2D eigenvalue weighted by molar-refractivity contribution is 6.36. The molecular formula is C18H15NO5. The fourth-order valence-corrected chi connectivity index (χ4v) is 2.50. The number of hydrogen-bond acceptors (Lipinski definition) is 5. The van der Waals surface area contributed by atoms with E-state index >= 15 is 0 Å². The lowest BCUT2D eigenvalue weighted by Gasteiger charge is -2.19. The van der Waals surface area contributed by atoms with Gasteiger partial charge in [0.05, 0.1) is 25.5 Å². The molecule has 0 aliphatic carbocycles. The molecule has 0 fully saturated rings. The molecule has 0 bridgehead atoms. The number of ketones is 1. The van der Waals surface area contributed by atoms with Gasteiger partial charge in [0.25, 0.3) is 5.91 Å². The molecule has 6 heteroatoms. The van der Waals surface area contributed by atoms with E-state index in [-0.39, 0.29) is 17.1 Å². The summed E-state index contributed by atoms with van der Waals surface area (Å²) in [5.41, 5.74) is 1.32. The van der Waals surface area contributed by atoms with E-state index in [9.17, 15) is 14.7 Å². The summed E-state index contributed by atoms with van der Waals surface area (Å²) in [5, 5.41) is 12.2. The van der Waals surface area contributed by atoms with Gasteiger partial charge in [-0.25, -0.2) is 0 Å². The Kier molecular flexibility index (Phi) is 3.95. The number of benzene rings is 2. The van der Waals surface area contributed by atoms with Crippen LogP contribution in [0.25, 0.3) is 6.08 Å². The van der Waals surface area contributed by atoms with E-state index < -0.39 is 5.91 Å². The van der Waals surface area contributed by atoms with Crippen molar-refractivity contribution in [2.24, 2.45) is 0 Å². The van der Waals surface area contributed by atoms with Crippen LogP contribution in [0.15, 0.2) is 42.0 Å². The average Bonchev–Trinajstić information content (AvgIpc) is 2.58. The Balaban J connectivity index is 2.06. The Bertz CT molecular complexity index is 870. The molecule has 1 amide bonds. The molecule has 2 aromatic rings. The smallest absolute Gasteiger partial charge is 0.259 e. The van der Waals surface area contributed by atoms with Gasteiger partial charge >= 0.3 is 0 Å². The first-order valence-corrected chi connectivity index (χ1v) is 7.16. The molecule has 1 heterocycles. The first-order chi connectivity index (χ1) is 11.5. The van der Waals surface area contributed by atoms with Gasteiger partial charge in [0.2, 0.25) is 5.78 Å². The van der Waals surface area contributed by atoms with Crippen molar-refractivity contribution in [3.05, 3.63) is 53.1 Å². The van der Waals surface area contributed by atoms with Gasteiger partial charge in [-0.3, -0.25) is 9.59 Å². The zero-order valence-corrected chi connectivity index (χ0v) is 13.1. The molecule has 0 radical (unpaired) electrons. The maximum atomic E-state index is 12.6. The Morgan fingerprint density at radius 3 is 2.54 bits per heavy atom. The zero-order chi connectivity index (χ0) is 17.3. The van der Waals surface area contributed by atoms with Crippen molar-refractivity contribution >= 4 is 23.5 Å². The van der Waals surface area contributed by atoms with Gasteiger partial charge in [0.1, 0.15) is 17.2 Å². The molecule has 0 saturated heterocycles. The van der Waals surface area contributed by atoms with Crippen molar-refractivity contribution in [2.75, 3.05) is 19.5 Å². The van der Waals surface area contributed by atoms with Crippen molar-refractivity contribution in [3.63, 3.8) is 0 Å². The lowest BCUT2D eigenvalue weighted by atomic mass is 9.95. The van der Waals surface area contributed by atoms with Crippen LogP contribution in [0.3, 0.4) is 0 Å². The van der Waals surface area contributed by atoms with Crippen LogP contribution >= 0.6 is 0 Å². The second-order valence-corrected chi connectivity index (χ2v) is 5.18. The minimum atomic E-state index is -0.504. The van der Waals surface area contributed by atoms with Gasteiger partial charge in [0.15, 0.2) is 0 Å². The van der Waals surface area contributed by atoms with Crippen LogP contribution in [0.4, 0.5) is 5.69 Å². The predicted octanol–water partition coefficient (Wildman–Crippen LogP) is 2.63. The number of carbonyl (C=O) groups excluding carboxylic acids is 2. The van der Waals surface area contributed by atoms with Crippen molar-refractivity contribution in [1.29, 1.82) is 0 Å². The standard InChI is InChI=1S/C18H15NO5/c1-23-12-5-6-13-15(9-12)19-18(22)14(17(13)21)7-10-3-4-11(20)8-16(10)24-2/h3-9,20H,1-2H3,(H,19,22)/b14-7-. The van der Waals surface area contributed by atoms with Crippen molar-refractivity contribution in [2.45, 2.75) is 0 Å². The molecule has 0 unspecified atom stereocenters. The lowest BCUT2D eigenvalue weighted by Crippen LogP contribution is -2.27. The Hall–Kier alpha value is -3.28. The Morgan fingerprint density at radius 1 is 1.04 bits per heavy atom. The van der Waals surface area contributed by atoms with Gasteiger partial charge in [-0.1, -0.05) is 0 Å². The Labute approximate surface area is 138 Å². The molecule has 2 N–H and O–H groups in total. The molecule has 24 heavy (non-hydrogen) atoms. The van der Waals surface area contributed by atoms with E-state index in [1.54, 1.807) is 24.3 Å². The molecule has 0 saturated carbocycles. The number of methoxy groups -OCH3 is 2. The van der Waals surface area contributed by atoms with Gasteiger partial charge in [-0.05, 0) is 30.3 Å². The molecule has 0 atom stereocenters. The Morgan fingerprint density at radius 2 is 1.83 bits per heavy atom. The summed E-state index contributed by atoms with van der Waals surface area (Å²) in [4.78, 5) is 24.9. The molecule has 3 rings (SSSR count). The summed E-state index contributed by atoms with van der Waals surface area (Å²) in [6.45, 7) is 0. The lowest BCUT2D eigenvalue weighted by molar-refractivity contribution is -0.112. The van der Waals surface area contributed by atoms with Crippen LogP contribution < -0.4 is 14.8 Å². The summed E-state index contributed by atoms with van der Waals surface area (Å²) in [5.74, 6) is 0.0615. The van der Waals surface area contributed by atoms with Crippen LogP contribution in [0.1, 0.15) is 15.9 Å². The normalized spacial score (nSPS) is 15.0. The molecule has 0 aromatic heterocycles. The monoisotopic (exact) mass is 325 g/mol. The number of rotatable bonds is 3. The van der Waals surface area contributed by atoms with Gasteiger partial charge in [0, 0.05) is 23.3 Å². The van der Waals surface area contributed by atoms with Crippen molar-refractivity contribution in [3.8, 4) is 17.2 Å². The summed E-state index contributed by atoms with van der Waals surface area (Å²) in [6.07, 6.45) is 1.45. The number of aromatic hydroxyl groups is 1. The van der Waals surface area contributed by atoms with Crippen LogP contribution in [0.2, 0.25) is 0 Å². The maximum Gasteiger partial charge on any atom is 0.259 e. The molecule has 122 valence electrons. The number of amides is 1. The number of Topliss-reactive ketones (excluding diaryl/α,β-unsaturated/α-hetero) is 1. The topological polar surface area (TPSA) is 84.9 Å². The molecular weight excluding hydrogens is 310 g/mol. The van der Waals surface area contributed by atoms with E-state index in [1.165, 1.54) is 32.4 Å². The SMILES string of the molecule is COc1ccc2c(c1)NC(=O)/C(=C\c1ccc(O)cc1OC)C2=O. The van der Waals surface area contributed by atoms with E-state index in [2.05, 4.69) is 5.32 Å². The van der Waals surface area contributed by atoms with Crippen LogP contribution in [-0.4, -0.2) is 31.0 Å². The third-order valence-corrected chi connectivity index (χ3v) is 3.73. The number of nitrogens with one attached hydrogen (secondary N) is 1. The highest BCUT2D eigenvalue weighted by atomic mass is 16.5. The van der Waals surface area contributed by atoms with Gasteiger partial charge in [-0.2, -0.15) is 0 Å². The van der Waals surface area contributed by atoms with Gasteiger partial charge < -0.3 is 19.9 Å². The summed E-state index contributed by atoms with van der Waals surface area (Å²) >= 11 is 0. The quantitative estimate of drug-likeness (QED) is 0.669. The third-order valence-electron chi connectivity index (χ3n) is 3.73. The number of fused-ring (bicyclic) bond motifs is 1. The second-order valence-electron chi connectivity index (χ2n) is 5.18. The highest BCUT2D eigenvalue weighted by Gasteiger charge is 2.29. The third kappa shape index (κ3) is 2.69. The number of carbonyl (C=O) groups is 2. The minimum absolute atomic E-state index is 0.00310. The van der Waals surface area contributed by atoms with Crippen LogP contribution in [0, 0.1) is 0 Å². The predicted molar refractivity (Wildman–Crippen MR) is 88.6 cm³/mol. The van der Waals surface area contributed by atoms with Gasteiger partial charge in [-0.15, -0.1) is 0 Å². The fourth-order valence-electron chi connectivity index (χ4n) is 2.50. The molecule has 2 aromatic carbocycles. The molecule has 6 nitrogen and oxygen atoms in total. The summed E-state index contributed by atoms with van der Waals surface area (Å²) in [7, 11) is 2.96. The molecule has 0 spiro atoms. The van der Waals surface area contributed by atoms with Crippen LogP contribution in [0.5, 0.6) is 17.2 Å². The second kappa shape index (κ2) is 6.08. The van der Waals surface area contributed by atoms with Crippen molar-refractivity contribution < 1.29 is 24.2 Å². The molecule has 1 aliphatic heterocycles. The summed E-state index contributed by atoms with van der Waals surface area (Å²) in [6, 6.07) is 9.31. The summed E-state index contributed by atoms with van der Waals surface area (Å²) < 4.78 is 10.3. The highest BCUT2D eigenvalue weighted by Crippen LogP contribution is 2.32. The largest absolute Gasteiger partial charge is 0.508 e. The van der Waals surface area contributed by atoms with E-state index in [4.69, 9.17) is 9.47 Å². The number of phenolic OH excluding ortho intramolecular Hbond substituents is 1. The number of anilines is 1. The maximum absolute atomic E-state index is 12.6. The number of phenols is 1. The molecule has 1 aliphatic rings. The first kappa shape index (κ1) is 15.6. The van der Waals surface area contributed by atoms with E-state index in [0.29, 0.717) is 28.3 Å². The number of hydrogen-bond donors (Lipinski definition) is 2. The minimum Gasteiger partial charge on any atom is -0.508 e. The first-order valence-electron chi connectivity index (χ1n) is 7.16. The van der Waals surface area contributed by atoms with E-state index in [1.807, 2.05) is 0 Å².